The third kappa shape index (κ3) is 3.86. The van der Waals surface area contributed by atoms with E-state index in [1.807, 2.05) is 0 Å². The predicted molar refractivity (Wildman–Crippen MR) is 125 cm³/mol. The number of fused-ring (bicyclic) bond motifs is 2. The zero-order chi connectivity index (χ0) is 24.7. The van der Waals surface area contributed by atoms with Crippen LogP contribution in [0.1, 0.15) is 33.3 Å². The van der Waals surface area contributed by atoms with Crippen LogP contribution in [0.15, 0.2) is 94.7 Å². The number of halogens is 3. The van der Waals surface area contributed by atoms with Gasteiger partial charge in [0.1, 0.15) is 17.9 Å². The summed E-state index contributed by atoms with van der Waals surface area (Å²) in [4.78, 5) is 28.3. The van der Waals surface area contributed by atoms with Gasteiger partial charge in [-0.1, -0.05) is 43.0 Å². The van der Waals surface area contributed by atoms with E-state index in [0.717, 1.165) is 17.0 Å². The van der Waals surface area contributed by atoms with Crippen molar-refractivity contribution in [3.8, 4) is 5.75 Å². The Labute approximate surface area is 197 Å². The highest BCUT2D eigenvalue weighted by Gasteiger charge is 2.44. The van der Waals surface area contributed by atoms with Crippen molar-refractivity contribution in [3.63, 3.8) is 0 Å². The summed E-state index contributed by atoms with van der Waals surface area (Å²) in [5.41, 5.74) is -0.581. The van der Waals surface area contributed by atoms with Gasteiger partial charge in [0, 0.05) is 5.69 Å². The van der Waals surface area contributed by atoms with Crippen LogP contribution in [0, 0.1) is 0 Å². The van der Waals surface area contributed by atoms with Gasteiger partial charge in [-0.3, -0.25) is 14.5 Å². The molecule has 1 amide bonds. The Kier molecular flexibility index (Phi) is 5.43. The molecule has 0 N–H and O–H groups in total. The smallest absolute Gasteiger partial charge is 0.416 e. The Hall–Kier alpha value is -4.33. The van der Waals surface area contributed by atoms with Crippen molar-refractivity contribution in [1.82, 2.24) is 0 Å². The Balaban J connectivity index is 1.76. The second kappa shape index (κ2) is 8.47. The van der Waals surface area contributed by atoms with Gasteiger partial charge < -0.3 is 9.15 Å². The van der Waals surface area contributed by atoms with E-state index >= 15 is 0 Å². The average Bonchev–Trinajstić information content (AvgIpc) is 3.15. The van der Waals surface area contributed by atoms with Gasteiger partial charge >= 0.3 is 6.18 Å². The number of anilines is 1. The second-order valence-electron chi connectivity index (χ2n) is 7.97. The van der Waals surface area contributed by atoms with Crippen molar-refractivity contribution in [3.05, 3.63) is 118 Å². The Bertz CT molecular complexity index is 1520. The van der Waals surface area contributed by atoms with Gasteiger partial charge in [0.25, 0.3) is 5.91 Å². The second-order valence-corrected chi connectivity index (χ2v) is 7.97. The molecule has 1 aliphatic heterocycles. The SMILES string of the molecule is C=CCOc1cccc(C2c3c(oc4ccccc4c3=O)C(=O)N2c2cccc(C(F)(F)F)c2)c1. The van der Waals surface area contributed by atoms with E-state index in [4.69, 9.17) is 9.15 Å². The van der Waals surface area contributed by atoms with Crippen LogP contribution in [0.2, 0.25) is 0 Å². The highest BCUT2D eigenvalue weighted by Crippen LogP contribution is 2.43. The first kappa shape index (κ1) is 22.5. The molecular weight excluding hydrogens is 459 g/mol. The quantitative estimate of drug-likeness (QED) is 0.325. The molecule has 0 bridgehead atoms. The lowest BCUT2D eigenvalue weighted by Crippen LogP contribution is -2.29. The lowest BCUT2D eigenvalue weighted by molar-refractivity contribution is -0.137. The van der Waals surface area contributed by atoms with Crippen LogP contribution in [0.25, 0.3) is 11.0 Å². The first-order valence-electron chi connectivity index (χ1n) is 10.7. The minimum atomic E-state index is -4.61. The number of para-hydroxylation sites is 1. The van der Waals surface area contributed by atoms with Gasteiger partial charge in [-0.05, 0) is 48.0 Å². The molecule has 0 saturated carbocycles. The number of rotatable bonds is 5. The van der Waals surface area contributed by atoms with Gasteiger partial charge in [0.2, 0.25) is 5.76 Å². The molecule has 176 valence electrons. The number of hydrogen-bond acceptors (Lipinski definition) is 4. The van der Waals surface area contributed by atoms with E-state index in [2.05, 4.69) is 6.58 Å². The minimum Gasteiger partial charge on any atom is -0.490 e. The summed E-state index contributed by atoms with van der Waals surface area (Å²) in [6.07, 6.45) is -3.04. The number of carbonyl (C=O) groups excluding carboxylic acids is 1. The first-order valence-corrected chi connectivity index (χ1v) is 10.7. The molecule has 4 aromatic rings. The van der Waals surface area contributed by atoms with Gasteiger partial charge in [-0.15, -0.1) is 0 Å². The zero-order valence-corrected chi connectivity index (χ0v) is 18.2. The van der Waals surface area contributed by atoms with Crippen LogP contribution in [-0.4, -0.2) is 12.5 Å². The third-order valence-electron chi connectivity index (χ3n) is 5.77. The van der Waals surface area contributed by atoms with E-state index in [-0.39, 0.29) is 34.6 Å². The third-order valence-corrected chi connectivity index (χ3v) is 5.77. The average molecular weight is 477 g/mol. The van der Waals surface area contributed by atoms with E-state index in [0.29, 0.717) is 11.3 Å². The molecule has 3 aromatic carbocycles. The number of carbonyl (C=O) groups is 1. The van der Waals surface area contributed by atoms with Crippen LogP contribution in [0.5, 0.6) is 5.75 Å². The number of nitrogens with zero attached hydrogens (tertiary/aromatic N) is 1. The maximum absolute atomic E-state index is 13.6. The Morgan fingerprint density at radius 2 is 1.77 bits per heavy atom. The molecule has 1 aliphatic rings. The van der Waals surface area contributed by atoms with E-state index in [1.54, 1.807) is 54.6 Å². The molecule has 5 nitrogen and oxygen atoms in total. The summed E-state index contributed by atoms with van der Waals surface area (Å²) >= 11 is 0. The summed E-state index contributed by atoms with van der Waals surface area (Å²) in [6, 6.07) is 16.6. The monoisotopic (exact) mass is 477 g/mol. The van der Waals surface area contributed by atoms with Gasteiger partial charge in [-0.2, -0.15) is 13.2 Å². The van der Waals surface area contributed by atoms with Crippen molar-refractivity contribution < 1.29 is 27.1 Å². The summed E-state index contributed by atoms with van der Waals surface area (Å²) in [6.45, 7) is 3.84. The molecule has 8 heteroatoms. The molecule has 0 spiro atoms. The fourth-order valence-electron chi connectivity index (χ4n) is 4.26. The summed E-state index contributed by atoms with van der Waals surface area (Å²) < 4.78 is 51.8. The molecule has 1 aromatic heterocycles. The molecular formula is C27H18F3NO4. The van der Waals surface area contributed by atoms with Crippen LogP contribution in [0.3, 0.4) is 0 Å². The number of ether oxygens (including phenoxy) is 1. The largest absolute Gasteiger partial charge is 0.490 e. The van der Waals surface area contributed by atoms with Crippen LogP contribution >= 0.6 is 0 Å². The number of hydrogen-bond donors (Lipinski definition) is 0. The summed E-state index contributed by atoms with van der Waals surface area (Å²) in [5.74, 6) is -0.449. The summed E-state index contributed by atoms with van der Waals surface area (Å²) in [7, 11) is 0. The lowest BCUT2D eigenvalue weighted by atomic mass is 9.98. The maximum Gasteiger partial charge on any atom is 0.416 e. The van der Waals surface area contributed by atoms with E-state index in [9.17, 15) is 22.8 Å². The standard InChI is InChI=1S/C27H18F3NO4/c1-2-13-34-19-10-5-7-16(14-19)23-22-24(32)20-11-3-4-12-21(20)35-25(22)26(33)31(23)18-9-6-8-17(15-18)27(28,29)30/h2-12,14-15,23H,1,13H2. The Morgan fingerprint density at radius 1 is 1.00 bits per heavy atom. The first-order chi connectivity index (χ1) is 16.8. The van der Waals surface area contributed by atoms with Crippen molar-refractivity contribution in [1.29, 1.82) is 0 Å². The molecule has 35 heavy (non-hydrogen) atoms. The molecule has 1 atom stereocenters. The lowest BCUT2D eigenvalue weighted by Gasteiger charge is -2.26. The molecule has 0 fully saturated rings. The zero-order valence-electron chi connectivity index (χ0n) is 18.2. The topological polar surface area (TPSA) is 59.8 Å². The minimum absolute atomic E-state index is 0.0119. The normalized spacial score (nSPS) is 15.3. The van der Waals surface area contributed by atoms with Crippen LogP contribution < -0.4 is 15.1 Å². The maximum atomic E-state index is 13.6. The van der Waals surface area contributed by atoms with E-state index in [1.165, 1.54) is 12.1 Å². The Morgan fingerprint density at radius 3 is 2.54 bits per heavy atom. The molecule has 0 saturated heterocycles. The van der Waals surface area contributed by atoms with Crippen molar-refractivity contribution >= 4 is 22.6 Å². The van der Waals surface area contributed by atoms with Crippen molar-refractivity contribution in [2.45, 2.75) is 12.2 Å². The summed E-state index contributed by atoms with van der Waals surface area (Å²) in [5, 5.41) is 0.272. The highest BCUT2D eigenvalue weighted by atomic mass is 19.4. The number of alkyl halides is 3. The molecule has 0 aliphatic carbocycles. The number of benzene rings is 3. The number of amides is 1. The van der Waals surface area contributed by atoms with Crippen molar-refractivity contribution in [2.75, 3.05) is 11.5 Å². The molecule has 2 heterocycles. The molecule has 5 rings (SSSR count). The van der Waals surface area contributed by atoms with Crippen molar-refractivity contribution in [2.24, 2.45) is 0 Å². The van der Waals surface area contributed by atoms with Gasteiger partial charge in [0.05, 0.1) is 22.6 Å². The van der Waals surface area contributed by atoms with Gasteiger partial charge in [0.15, 0.2) is 5.43 Å². The fourth-order valence-corrected chi connectivity index (χ4v) is 4.26. The van der Waals surface area contributed by atoms with E-state index < -0.39 is 29.1 Å². The van der Waals surface area contributed by atoms with Gasteiger partial charge in [-0.25, -0.2) is 0 Å². The fraction of sp³-hybridized carbons (Fsp3) is 0.111. The molecule has 1 unspecified atom stereocenters. The predicted octanol–water partition coefficient (Wildman–Crippen LogP) is 6.13. The molecule has 0 radical (unpaired) electrons. The van der Waals surface area contributed by atoms with Crippen LogP contribution in [-0.2, 0) is 6.18 Å². The highest BCUT2D eigenvalue weighted by molar-refractivity contribution is 6.10. The van der Waals surface area contributed by atoms with Crippen LogP contribution in [0.4, 0.5) is 18.9 Å².